The van der Waals surface area contributed by atoms with Gasteiger partial charge in [0, 0.05) is 19.8 Å². The summed E-state index contributed by atoms with van der Waals surface area (Å²) in [5.41, 5.74) is 1.71. The quantitative estimate of drug-likeness (QED) is 0.907. The van der Waals surface area contributed by atoms with E-state index in [1.54, 1.807) is 6.07 Å². The molecule has 2 aliphatic rings. The Kier molecular flexibility index (Phi) is 4.55. The van der Waals surface area contributed by atoms with E-state index >= 15 is 0 Å². The van der Waals surface area contributed by atoms with Crippen molar-refractivity contribution in [3.8, 4) is 11.5 Å². The predicted molar refractivity (Wildman–Crippen MR) is 96.2 cm³/mol. The van der Waals surface area contributed by atoms with Crippen molar-refractivity contribution in [2.45, 2.75) is 18.9 Å². The summed E-state index contributed by atoms with van der Waals surface area (Å²) in [6.45, 7) is 1.83. The van der Waals surface area contributed by atoms with Gasteiger partial charge in [0.1, 0.15) is 0 Å². The van der Waals surface area contributed by atoms with Crippen molar-refractivity contribution in [2.75, 3.05) is 26.9 Å². The maximum absolute atomic E-state index is 12.7. The molecule has 2 aromatic rings. The Balaban J connectivity index is 1.49. The summed E-state index contributed by atoms with van der Waals surface area (Å²) in [4.78, 5) is 15.1. The number of piperidine rings is 1. The van der Waals surface area contributed by atoms with Crippen molar-refractivity contribution in [2.24, 2.45) is 13.0 Å². The summed E-state index contributed by atoms with van der Waals surface area (Å²) in [6.07, 6.45) is 4.04. The van der Waals surface area contributed by atoms with Crippen molar-refractivity contribution < 1.29 is 14.3 Å². The average molecular weight is 356 g/mol. The normalized spacial score (nSPS) is 22.4. The van der Waals surface area contributed by atoms with Crippen molar-refractivity contribution in [1.29, 1.82) is 0 Å². The molecule has 1 N–H and O–H groups in total. The lowest BCUT2D eigenvalue weighted by molar-refractivity contribution is 0.0876. The number of hydrogen-bond donors (Lipinski definition) is 1. The second kappa shape index (κ2) is 6.99. The Morgan fingerprint density at radius 3 is 3.00 bits per heavy atom. The van der Waals surface area contributed by atoms with Gasteiger partial charge in [-0.05, 0) is 50.6 Å². The number of nitrogens with one attached hydrogen (secondary N) is 1. The Bertz CT molecular complexity index is 804. The number of likely N-dealkylation sites (tertiary alicyclic amines) is 1. The van der Waals surface area contributed by atoms with Crippen molar-refractivity contribution in [3.05, 3.63) is 41.7 Å². The predicted octanol–water partition coefficient (Wildman–Crippen LogP) is 1.96. The van der Waals surface area contributed by atoms with Gasteiger partial charge in [-0.2, -0.15) is 5.10 Å². The van der Waals surface area contributed by atoms with E-state index < -0.39 is 0 Å². The smallest absolute Gasteiger partial charge is 0.255 e. The van der Waals surface area contributed by atoms with E-state index in [1.807, 2.05) is 30.1 Å². The van der Waals surface area contributed by atoms with Gasteiger partial charge >= 0.3 is 0 Å². The number of ether oxygens (including phenoxy) is 2. The van der Waals surface area contributed by atoms with E-state index in [4.69, 9.17) is 9.47 Å². The molecule has 3 heterocycles. The first-order valence-corrected chi connectivity index (χ1v) is 9.00. The molecular formula is C19H24N4O3. The van der Waals surface area contributed by atoms with Crippen LogP contribution in [-0.2, 0) is 7.05 Å². The van der Waals surface area contributed by atoms with Crippen LogP contribution in [0.15, 0.2) is 30.5 Å². The summed E-state index contributed by atoms with van der Waals surface area (Å²) in [6, 6.07) is 7.71. The minimum Gasteiger partial charge on any atom is -0.454 e. The number of rotatable bonds is 4. The molecule has 1 fully saturated rings. The zero-order valence-corrected chi connectivity index (χ0v) is 15.1. The Morgan fingerprint density at radius 1 is 1.31 bits per heavy atom. The number of amides is 1. The number of benzene rings is 1. The maximum Gasteiger partial charge on any atom is 0.255 e. The van der Waals surface area contributed by atoms with Crippen molar-refractivity contribution in [3.63, 3.8) is 0 Å². The monoisotopic (exact) mass is 356 g/mol. The van der Waals surface area contributed by atoms with E-state index in [1.165, 1.54) is 5.69 Å². The van der Waals surface area contributed by atoms with E-state index in [9.17, 15) is 4.79 Å². The van der Waals surface area contributed by atoms with Gasteiger partial charge < -0.3 is 14.8 Å². The minimum absolute atomic E-state index is 0.121. The fraction of sp³-hybridized carbons (Fsp3) is 0.474. The van der Waals surface area contributed by atoms with E-state index in [0.29, 0.717) is 29.5 Å². The fourth-order valence-corrected chi connectivity index (χ4v) is 4.04. The third-order valence-electron chi connectivity index (χ3n) is 5.34. The SMILES string of the molecule is CN1CCC[C@@H](CNC(=O)c2cccc3c2OCO3)[C@@H]1c1ccnn1C. The van der Waals surface area contributed by atoms with Gasteiger partial charge in [0.2, 0.25) is 6.79 Å². The summed E-state index contributed by atoms with van der Waals surface area (Å²) < 4.78 is 12.7. The third kappa shape index (κ3) is 3.03. The highest BCUT2D eigenvalue weighted by Gasteiger charge is 2.33. The standard InChI is InChI=1S/C19H24N4O3/c1-22-10-4-5-13(17(22)15-8-9-21-23(15)2)11-20-19(24)14-6-3-7-16-18(14)26-12-25-16/h3,6-9,13,17H,4-5,10-12H2,1-2H3,(H,20,24)/t13-,17+/m0/s1. The lowest BCUT2D eigenvalue weighted by Crippen LogP contribution is -2.42. The Hall–Kier alpha value is -2.54. The zero-order chi connectivity index (χ0) is 18.1. The lowest BCUT2D eigenvalue weighted by Gasteiger charge is -2.39. The molecule has 138 valence electrons. The zero-order valence-electron chi connectivity index (χ0n) is 15.1. The molecule has 1 aromatic carbocycles. The molecule has 1 amide bonds. The largest absolute Gasteiger partial charge is 0.454 e. The molecule has 7 heteroatoms. The van der Waals surface area contributed by atoms with Crippen LogP contribution in [-0.4, -0.2) is 47.5 Å². The summed E-state index contributed by atoms with van der Waals surface area (Å²) in [5, 5.41) is 7.41. The minimum atomic E-state index is -0.121. The topological polar surface area (TPSA) is 68.6 Å². The number of aryl methyl sites for hydroxylation is 1. The number of hydrogen-bond acceptors (Lipinski definition) is 5. The summed E-state index contributed by atoms with van der Waals surface area (Å²) >= 11 is 0. The third-order valence-corrected chi connectivity index (χ3v) is 5.34. The average Bonchev–Trinajstić information content (AvgIpc) is 3.28. The number of carbonyl (C=O) groups excluding carboxylic acids is 1. The van der Waals surface area contributed by atoms with Crippen LogP contribution < -0.4 is 14.8 Å². The Morgan fingerprint density at radius 2 is 2.19 bits per heavy atom. The van der Waals surface area contributed by atoms with Crippen molar-refractivity contribution in [1.82, 2.24) is 20.0 Å². The number of nitrogens with zero attached hydrogens (tertiary/aromatic N) is 3. The van der Waals surface area contributed by atoms with Gasteiger partial charge in [0.25, 0.3) is 5.91 Å². The van der Waals surface area contributed by atoms with Gasteiger partial charge in [-0.25, -0.2) is 0 Å². The van der Waals surface area contributed by atoms with Gasteiger partial charge in [0.05, 0.1) is 17.3 Å². The highest BCUT2D eigenvalue weighted by Crippen LogP contribution is 2.36. The van der Waals surface area contributed by atoms with Gasteiger partial charge in [-0.3, -0.25) is 14.4 Å². The highest BCUT2D eigenvalue weighted by molar-refractivity contribution is 5.97. The molecule has 7 nitrogen and oxygen atoms in total. The van der Waals surface area contributed by atoms with Crippen LogP contribution in [0.4, 0.5) is 0 Å². The Labute approximate surface area is 152 Å². The molecule has 4 rings (SSSR count). The molecule has 0 radical (unpaired) electrons. The van der Waals surface area contributed by atoms with Gasteiger partial charge in [-0.15, -0.1) is 0 Å². The van der Waals surface area contributed by atoms with Crippen LogP contribution in [0.1, 0.15) is 34.9 Å². The van der Waals surface area contributed by atoms with E-state index in [-0.39, 0.29) is 18.7 Å². The molecule has 0 aliphatic carbocycles. The maximum atomic E-state index is 12.7. The lowest BCUT2D eigenvalue weighted by atomic mass is 9.87. The van der Waals surface area contributed by atoms with Gasteiger partial charge in [-0.1, -0.05) is 6.07 Å². The van der Waals surface area contributed by atoms with Crippen LogP contribution in [0.2, 0.25) is 0 Å². The number of para-hydroxylation sites is 1. The second-order valence-corrected chi connectivity index (χ2v) is 6.96. The molecule has 2 aliphatic heterocycles. The molecule has 2 atom stereocenters. The van der Waals surface area contributed by atoms with E-state index in [0.717, 1.165) is 19.4 Å². The summed E-state index contributed by atoms with van der Waals surface area (Å²) in [7, 11) is 4.11. The molecule has 0 bridgehead atoms. The fourth-order valence-electron chi connectivity index (χ4n) is 4.04. The molecule has 0 saturated carbocycles. The van der Waals surface area contributed by atoms with Crippen molar-refractivity contribution >= 4 is 5.91 Å². The second-order valence-electron chi connectivity index (χ2n) is 6.96. The molecule has 0 spiro atoms. The molecular weight excluding hydrogens is 332 g/mol. The molecule has 0 unspecified atom stereocenters. The molecule has 1 aromatic heterocycles. The first-order valence-electron chi connectivity index (χ1n) is 9.00. The van der Waals surface area contributed by atoms with Crippen LogP contribution in [0.5, 0.6) is 11.5 Å². The van der Waals surface area contributed by atoms with Gasteiger partial charge in [0.15, 0.2) is 11.5 Å². The number of fused-ring (bicyclic) bond motifs is 1. The van der Waals surface area contributed by atoms with Crippen LogP contribution >= 0.6 is 0 Å². The van der Waals surface area contributed by atoms with Crippen LogP contribution in [0, 0.1) is 5.92 Å². The highest BCUT2D eigenvalue weighted by atomic mass is 16.7. The molecule has 26 heavy (non-hydrogen) atoms. The number of carbonyl (C=O) groups is 1. The first kappa shape index (κ1) is 16.9. The van der Waals surface area contributed by atoms with E-state index in [2.05, 4.69) is 28.4 Å². The van der Waals surface area contributed by atoms with Crippen LogP contribution in [0.25, 0.3) is 0 Å². The molecule has 1 saturated heterocycles. The summed E-state index contributed by atoms with van der Waals surface area (Å²) in [5.74, 6) is 1.38. The first-order chi connectivity index (χ1) is 12.6. The van der Waals surface area contributed by atoms with Crippen LogP contribution in [0.3, 0.4) is 0 Å². The number of aromatic nitrogens is 2.